The van der Waals surface area contributed by atoms with Crippen LogP contribution in [0, 0.1) is 6.92 Å². The van der Waals surface area contributed by atoms with Crippen LogP contribution in [-0.2, 0) is 0 Å². The van der Waals surface area contributed by atoms with Gasteiger partial charge in [0.25, 0.3) is 0 Å². The molecule has 0 saturated heterocycles. The molecule has 1 atom stereocenters. The Morgan fingerprint density at radius 1 is 1.10 bits per heavy atom. The molecule has 0 heterocycles. The van der Waals surface area contributed by atoms with Crippen molar-refractivity contribution in [3.63, 3.8) is 0 Å². The Balaban J connectivity index is 2.29. The van der Waals surface area contributed by atoms with E-state index in [1.54, 1.807) is 0 Å². The van der Waals surface area contributed by atoms with E-state index in [2.05, 4.69) is 58.1 Å². The maximum Gasteiger partial charge on any atom is 0.119 e. The number of hydrogen-bond acceptors (Lipinski definition) is 2. The molecular formula is C19H33NO. The van der Waals surface area contributed by atoms with Crippen LogP contribution in [0.25, 0.3) is 0 Å². The Bertz CT molecular complexity index is 401. The molecule has 2 nitrogen and oxygen atoms in total. The summed E-state index contributed by atoms with van der Waals surface area (Å²) in [4.78, 5) is 0. The van der Waals surface area contributed by atoms with Crippen LogP contribution in [0.2, 0.25) is 0 Å². The van der Waals surface area contributed by atoms with Crippen molar-refractivity contribution in [2.24, 2.45) is 0 Å². The standard InChI is InChI=1S/C19H33NO/c1-6-7-8-9-17(5)20-10-11-21-19-13-16(4)12-18(14-19)15(2)3/h12-15,17,20H,6-11H2,1-5H3. The summed E-state index contributed by atoms with van der Waals surface area (Å²) in [5, 5.41) is 3.54. The Kier molecular flexibility index (Phi) is 8.44. The summed E-state index contributed by atoms with van der Waals surface area (Å²) < 4.78 is 5.89. The molecule has 2 heteroatoms. The largest absolute Gasteiger partial charge is 0.492 e. The normalized spacial score (nSPS) is 12.7. The fourth-order valence-corrected chi connectivity index (χ4v) is 2.47. The minimum absolute atomic E-state index is 0.545. The van der Waals surface area contributed by atoms with Gasteiger partial charge < -0.3 is 10.1 Å². The lowest BCUT2D eigenvalue weighted by molar-refractivity contribution is 0.303. The average Bonchev–Trinajstić information content (AvgIpc) is 2.43. The van der Waals surface area contributed by atoms with Crippen molar-refractivity contribution >= 4 is 0 Å². The minimum atomic E-state index is 0.545. The maximum atomic E-state index is 5.89. The Morgan fingerprint density at radius 2 is 1.86 bits per heavy atom. The third kappa shape index (κ3) is 7.52. The van der Waals surface area contributed by atoms with Crippen LogP contribution >= 0.6 is 0 Å². The summed E-state index contributed by atoms with van der Waals surface area (Å²) in [5.41, 5.74) is 2.63. The molecule has 0 fully saturated rings. The van der Waals surface area contributed by atoms with Crippen LogP contribution < -0.4 is 10.1 Å². The van der Waals surface area contributed by atoms with Gasteiger partial charge in [-0.15, -0.1) is 0 Å². The molecule has 0 aliphatic rings. The van der Waals surface area contributed by atoms with Crippen molar-refractivity contribution in [3.05, 3.63) is 29.3 Å². The highest BCUT2D eigenvalue weighted by Crippen LogP contribution is 2.22. The molecule has 0 spiro atoms. The highest BCUT2D eigenvalue weighted by atomic mass is 16.5. The molecule has 0 bridgehead atoms. The smallest absolute Gasteiger partial charge is 0.119 e. The molecular weight excluding hydrogens is 258 g/mol. The van der Waals surface area contributed by atoms with Gasteiger partial charge in [-0.3, -0.25) is 0 Å². The lowest BCUT2D eigenvalue weighted by atomic mass is 10.0. The number of hydrogen-bond donors (Lipinski definition) is 1. The van der Waals surface area contributed by atoms with Crippen LogP contribution in [0.1, 0.15) is 70.4 Å². The second-order valence-corrected chi connectivity index (χ2v) is 6.43. The molecule has 1 aromatic carbocycles. The summed E-state index contributed by atoms with van der Waals surface area (Å²) >= 11 is 0. The molecule has 120 valence electrons. The van der Waals surface area contributed by atoms with Gasteiger partial charge in [0.05, 0.1) is 0 Å². The first-order valence-corrected chi connectivity index (χ1v) is 8.50. The summed E-state index contributed by atoms with van der Waals surface area (Å²) in [6, 6.07) is 7.12. The Hall–Kier alpha value is -1.02. The van der Waals surface area contributed by atoms with Crippen LogP contribution in [0.4, 0.5) is 0 Å². The summed E-state index contributed by atoms with van der Waals surface area (Å²) in [7, 11) is 0. The van der Waals surface area contributed by atoms with E-state index in [4.69, 9.17) is 4.74 Å². The van der Waals surface area contributed by atoms with Crippen molar-refractivity contribution in [1.82, 2.24) is 5.32 Å². The van der Waals surface area contributed by atoms with Crippen LogP contribution in [-0.4, -0.2) is 19.2 Å². The predicted octanol–water partition coefficient (Wildman–Crippen LogP) is 5.06. The van der Waals surface area contributed by atoms with E-state index >= 15 is 0 Å². The van der Waals surface area contributed by atoms with E-state index in [9.17, 15) is 0 Å². The van der Waals surface area contributed by atoms with Crippen LogP contribution in [0.5, 0.6) is 5.75 Å². The van der Waals surface area contributed by atoms with Crippen molar-refractivity contribution in [1.29, 1.82) is 0 Å². The molecule has 0 aliphatic carbocycles. The van der Waals surface area contributed by atoms with Gasteiger partial charge in [-0.25, -0.2) is 0 Å². The molecule has 21 heavy (non-hydrogen) atoms. The van der Waals surface area contributed by atoms with Gasteiger partial charge in [0.1, 0.15) is 12.4 Å². The fourth-order valence-electron chi connectivity index (χ4n) is 2.47. The topological polar surface area (TPSA) is 21.3 Å². The van der Waals surface area contributed by atoms with Gasteiger partial charge in [0.15, 0.2) is 0 Å². The SMILES string of the molecule is CCCCCC(C)NCCOc1cc(C)cc(C(C)C)c1. The highest BCUT2D eigenvalue weighted by molar-refractivity contribution is 5.35. The monoisotopic (exact) mass is 291 g/mol. The van der Waals surface area contributed by atoms with Crippen LogP contribution in [0.15, 0.2) is 18.2 Å². The molecule has 0 aliphatic heterocycles. The summed E-state index contributed by atoms with van der Waals surface area (Å²) in [6.45, 7) is 12.7. The summed E-state index contributed by atoms with van der Waals surface area (Å²) in [5.74, 6) is 1.54. The van der Waals surface area contributed by atoms with Gasteiger partial charge in [-0.05, 0) is 49.4 Å². The molecule has 0 saturated carbocycles. The molecule has 1 N–H and O–H groups in total. The predicted molar refractivity (Wildman–Crippen MR) is 92.4 cm³/mol. The van der Waals surface area contributed by atoms with Gasteiger partial charge in [0, 0.05) is 12.6 Å². The minimum Gasteiger partial charge on any atom is -0.492 e. The lowest BCUT2D eigenvalue weighted by Crippen LogP contribution is -2.30. The van der Waals surface area contributed by atoms with Crippen molar-refractivity contribution in [2.75, 3.05) is 13.2 Å². The molecule has 1 unspecified atom stereocenters. The second kappa shape index (κ2) is 9.83. The lowest BCUT2D eigenvalue weighted by Gasteiger charge is -2.15. The van der Waals surface area contributed by atoms with E-state index in [1.807, 2.05) is 0 Å². The zero-order chi connectivity index (χ0) is 15.7. The van der Waals surface area contributed by atoms with E-state index in [-0.39, 0.29) is 0 Å². The Labute approximate surface area is 131 Å². The third-order valence-electron chi connectivity index (χ3n) is 3.84. The van der Waals surface area contributed by atoms with Crippen molar-refractivity contribution in [3.8, 4) is 5.75 Å². The zero-order valence-electron chi connectivity index (χ0n) is 14.5. The number of aryl methyl sites for hydroxylation is 1. The third-order valence-corrected chi connectivity index (χ3v) is 3.84. The number of rotatable bonds is 10. The highest BCUT2D eigenvalue weighted by Gasteiger charge is 2.04. The van der Waals surface area contributed by atoms with Crippen molar-refractivity contribution < 1.29 is 4.74 Å². The molecule has 1 aromatic rings. The van der Waals surface area contributed by atoms with E-state index < -0.39 is 0 Å². The molecule has 0 radical (unpaired) electrons. The molecule has 0 amide bonds. The number of nitrogens with one attached hydrogen (secondary N) is 1. The average molecular weight is 291 g/mol. The van der Waals surface area contributed by atoms with Gasteiger partial charge in [-0.1, -0.05) is 46.1 Å². The number of unbranched alkanes of at least 4 members (excludes halogenated alkanes) is 2. The first-order valence-electron chi connectivity index (χ1n) is 8.50. The zero-order valence-corrected chi connectivity index (χ0v) is 14.5. The van der Waals surface area contributed by atoms with Crippen LogP contribution in [0.3, 0.4) is 0 Å². The number of ether oxygens (including phenoxy) is 1. The summed E-state index contributed by atoms with van der Waals surface area (Å²) in [6.07, 6.45) is 5.21. The van der Waals surface area contributed by atoms with Crippen molar-refractivity contribution in [2.45, 2.75) is 72.3 Å². The first kappa shape index (κ1) is 18.0. The maximum absolute atomic E-state index is 5.89. The fraction of sp³-hybridized carbons (Fsp3) is 0.684. The molecule has 1 rings (SSSR count). The van der Waals surface area contributed by atoms with E-state index in [0.29, 0.717) is 12.0 Å². The number of benzene rings is 1. The van der Waals surface area contributed by atoms with Gasteiger partial charge in [-0.2, -0.15) is 0 Å². The van der Waals surface area contributed by atoms with E-state index in [1.165, 1.54) is 36.8 Å². The van der Waals surface area contributed by atoms with Gasteiger partial charge >= 0.3 is 0 Å². The Morgan fingerprint density at radius 3 is 2.52 bits per heavy atom. The molecule has 0 aromatic heterocycles. The first-order chi connectivity index (χ1) is 10.0. The second-order valence-electron chi connectivity index (χ2n) is 6.43. The van der Waals surface area contributed by atoms with E-state index in [0.717, 1.165) is 18.9 Å². The van der Waals surface area contributed by atoms with Gasteiger partial charge in [0.2, 0.25) is 0 Å². The quantitative estimate of drug-likeness (QED) is 0.609.